The van der Waals surface area contributed by atoms with Crippen molar-refractivity contribution in [3.05, 3.63) is 35.9 Å². The lowest BCUT2D eigenvalue weighted by molar-refractivity contribution is 0.102. The molecule has 19 heavy (non-hydrogen) atoms. The van der Waals surface area contributed by atoms with Gasteiger partial charge in [0.2, 0.25) is 10.3 Å². The largest absolute Gasteiger partial charge is 0.296 e. The van der Waals surface area contributed by atoms with Crippen molar-refractivity contribution in [1.29, 1.82) is 0 Å². The van der Waals surface area contributed by atoms with Crippen LogP contribution in [0.15, 0.2) is 35.4 Å². The van der Waals surface area contributed by atoms with Crippen LogP contribution >= 0.6 is 11.3 Å². The van der Waals surface area contributed by atoms with Crippen molar-refractivity contribution in [1.82, 2.24) is 10.2 Å². The van der Waals surface area contributed by atoms with Gasteiger partial charge in [0.15, 0.2) is 0 Å². The van der Waals surface area contributed by atoms with Crippen LogP contribution in [0.5, 0.6) is 0 Å². The summed E-state index contributed by atoms with van der Waals surface area (Å²) in [5.74, 6) is -0.210. The van der Waals surface area contributed by atoms with E-state index in [0.717, 1.165) is 5.71 Å². The highest BCUT2D eigenvalue weighted by atomic mass is 32.1. The van der Waals surface area contributed by atoms with Gasteiger partial charge in [-0.2, -0.15) is 5.10 Å². The van der Waals surface area contributed by atoms with Crippen LogP contribution in [0, 0.1) is 0 Å². The lowest BCUT2D eigenvalue weighted by Gasteiger charge is -1.99. The fourth-order valence-corrected chi connectivity index (χ4v) is 1.82. The number of carbonyl (C=O) groups is 1. The number of hydrogen-bond donors (Lipinski definition) is 2. The van der Waals surface area contributed by atoms with Crippen molar-refractivity contribution >= 4 is 33.2 Å². The zero-order valence-electron chi connectivity index (χ0n) is 10.5. The maximum Gasteiger partial charge on any atom is 0.257 e. The van der Waals surface area contributed by atoms with Crippen LogP contribution in [0.3, 0.4) is 0 Å². The average molecular weight is 275 g/mol. The molecule has 1 amide bonds. The standard InChI is InChI=1S/C12H13N5OS/c1-8(2)14-16-12-17-15-11(19-12)13-10(18)9-6-4-3-5-7-9/h3-7H,1-2H3,(H,16,17)(H,13,15,18). The second-order valence-corrected chi connectivity index (χ2v) is 4.88. The SMILES string of the molecule is CC(C)=NNc1nnc(NC(=O)c2ccccc2)s1. The summed E-state index contributed by atoms with van der Waals surface area (Å²) in [4.78, 5) is 11.9. The first-order valence-electron chi connectivity index (χ1n) is 5.62. The molecule has 0 fully saturated rings. The molecule has 0 aliphatic rings. The Morgan fingerprint density at radius 1 is 1.16 bits per heavy atom. The molecule has 0 saturated carbocycles. The van der Waals surface area contributed by atoms with Crippen LogP contribution in [-0.4, -0.2) is 21.8 Å². The van der Waals surface area contributed by atoms with E-state index in [1.54, 1.807) is 24.3 Å². The van der Waals surface area contributed by atoms with Gasteiger partial charge in [-0.05, 0) is 26.0 Å². The second-order valence-electron chi connectivity index (χ2n) is 3.90. The molecule has 0 aliphatic carbocycles. The molecule has 2 aromatic rings. The number of hydrazone groups is 1. The summed E-state index contributed by atoms with van der Waals surface area (Å²) in [6, 6.07) is 8.94. The first-order chi connectivity index (χ1) is 9.15. The fourth-order valence-electron chi connectivity index (χ4n) is 1.24. The molecule has 0 atom stereocenters. The third-order valence-electron chi connectivity index (χ3n) is 2.06. The van der Waals surface area contributed by atoms with Gasteiger partial charge in [0.05, 0.1) is 0 Å². The van der Waals surface area contributed by atoms with Crippen LogP contribution in [0.1, 0.15) is 24.2 Å². The van der Waals surface area contributed by atoms with Crippen molar-refractivity contribution in [2.24, 2.45) is 5.10 Å². The molecule has 0 spiro atoms. The molecule has 0 unspecified atom stereocenters. The summed E-state index contributed by atoms with van der Waals surface area (Å²) in [6.45, 7) is 3.73. The first kappa shape index (κ1) is 13.2. The predicted octanol–water partition coefficient (Wildman–Crippen LogP) is 2.60. The van der Waals surface area contributed by atoms with E-state index in [4.69, 9.17) is 0 Å². The Labute approximate surface area is 114 Å². The molecule has 1 aromatic heterocycles. The second kappa shape index (κ2) is 6.05. The molecule has 0 saturated heterocycles. The van der Waals surface area contributed by atoms with Crippen molar-refractivity contribution in [2.75, 3.05) is 10.7 Å². The molecule has 2 rings (SSSR count). The molecule has 2 N–H and O–H groups in total. The van der Waals surface area contributed by atoms with Crippen LogP contribution in [0.2, 0.25) is 0 Å². The zero-order chi connectivity index (χ0) is 13.7. The van der Waals surface area contributed by atoms with Gasteiger partial charge in [0.25, 0.3) is 5.91 Å². The van der Waals surface area contributed by atoms with E-state index < -0.39 is 0 Å². The summed E-state index contributed by atoms with van der Waals surface area (Å²) in [5.41, 5.74) is 4.22. The normalized spacial score (nSPS) is 9.79. The van der Waals surface area contributed by atoms with Gasteiger partial charge in [-0.25, -0.2) is 0 Å². The van der Waals surface area contributed by atoms with E-state index in [-0.39, 0.29) is 5.91 Å². The molecule has 0 aliphatic heterocycles. The van der Waals surface area contributed by atoms with Crippen LogP contribution in [0.4, 0.5) is 10.3 Å². The van der Waals surface area contributed by atoms with Gasteiger partial charge in [-0.1, -0.05) is 29.5 Å². The molecular formula is C12H13N5OS. The molecule has 0 radical (unpaired) electrons. The summed E-state index contributed by atoms with van der Waals surface area (Å²) in [7, 11) is 0. The van der Waals surface area contributed by atoms with Gasteiger partial charge in [-0.3, -0.25) is 15.5 Å². The maximum atomic E-state index is 11.9. The van der Waals surface area contributed by atoms with Gasteiger partial charge >= 0.3 is 0 Å². The van der Waals surface area contributed by atoms with Gasteiger partial charge in [0, 0.05) is 11.3 Å². The number of amides is 1. The Balaban J connectivity index is 2.00. The Morgan fingerprint density at radius 3 is 2.53 bits per heavy atom. The quantitative estimate of drug-likeness (QED) is 0.664. The number of rotatable bonds is 4. The number of carbonyl (C=O) groups excluding carboxylic acids is 1. The smallest absolute Gasteiger partial charge is 0.257 e. The third-order valence-corrected chi connectivity index (χ3v) is 2.80. The lowest BCUT2D eigenvalue weighted by atomic mass is 10.2. The molecule has 1 aromatic carbocycles. The average Bonchev–Trinajstić information content (AvgIpc) is 2.85. The molecular weight excluding hydrogens is 262 g/mol. The van der Waals surface area contributed by atoms with E-state index in [9.17, 15) is 4.79 Å². The summed E-state index contributed by atoms with van der Waals surface area (Å²) in [6.07, 6.45) is 0. The van der Waals surface area contributed by atoms with Crippen molar-refractivity contribution in [3.8, 4) is 0 Å². The zero-order valence-corrected chi connectivity index (χ0v) is 11.4. The Kier molecular flexibility index (Phi) is 4.19. The highest BCUT2D eigenvalue weighted by Crippen LogP contribution is 2.20. The fraction of sp³-hybridized carbons (Fsp3) is 0.167. The number of hydrogen-bond acceptors (Lipinski definition) is 6. The van der Waals surface area contributed by atoms with Crippen molar-refractivity contribution < 1.29 is 4.79 Å². The van der Waals surface area contributed by atoms with E-state index in [1.165, 1.54) is 11.3 Å². The minimum Gasteiger partial charge on any atom is -0.296 e. The van der Waals surface area contributed by atoms with Crippen molar-refractivity contribution in [3.63, 3.8) is 0 Å². The Morgan fingerprint density at radius 2 is 1.84 bits per heavy atom. The number of nitrogens with one attached hydrogen (secondary N) is 2. The Bertz CT molecular complexity index is 589. The molecule has 98 valence electrons. The van der Waals surface area contributed by atoms with Crippen LogP contribution < -0.4 is 10.7 Å². The highest BCUT2D eigenvalue weighted by molar-refractivity contribution is 7.19. The lowest BCUT2D eigenvalue weighted by Crippen LogP contribution is -2.11. The predicted molar refractivity (Wildman–Crippen MR) is 76.7 cm³/mol. The maximum absolute atomic E-state index is 11.9. The van der Waals surface area contributed by atoms with E-state index in [0.29, 0.717) is 15.8 Å². The highest BCUT2D eigenvalue weighted by Gasteiger charge is 2.09. The Hall–Kier alpha value is -2.28. The van der Waals surface area contributed by atoms with Crippen LogP contribution in [-0.2, 0) is 0 Å². The summed E-state index contributed by atoms with van der Waals surface area (Å²) in [5, 5.41) is 15.4. The van der Waals surface area contributed by atoms with Crippen molar-refractivity contribution in [2.45, 2.75) is 13.8 Å². The number of nitrogens with zero attached hydrogens (tertiary/aromatic N) is 3. The molecule has 1 heterocycles. The minimum atomic E-state index is -0.210. The van der Waals surface area contributed by atoms with Gasteiger partial charge in [0.1, 0.15) is 0 Å². The summed E-state index contributed by atoms with van der Waals surface area (Å²) < 4.78 is 0. The number of anilines is 2. The molecule has 0 bridgehead atoms. The molecule has 6 nitrogen and oxygen atoms in total. The third kappa shape index (κ3) is 3.85. The van der Waals surface area contributed by atoms with Gasteiger partial charge in [-0.15, -0.1) is 10.2 Å². The monoisotopic (exact) mass is 275 g/mol. The van der Waals surface area contributed by atoms with E-state index in [2.05, 4.69) is 26.0 Å². The molecule has 7 heteroatoms. The topological polar surface area (TPSA) is 79.3 Å². The number of aromatic nitrogens is 2. The van der Waals surface area contributed by atoms with Gasteiger partial charge < -0.3 is 0 Å². The summed E-state index contributed by atoms with van der Waals surface area (Å²) >= 11 is 1.23. The number of benzene rings is 1. The first-order valence-corrected chi connectivity index (χ1v) is 6.43. The van der Waals surface area contributed by atoms with E-state index in [1.807, 2.05) is 19.9 Å². The van der Waals surface area contributed by atoms with Crippen LogP contribution in [0.25, 0.3) is 0 Å². The van der Waals surface area contributed by atoms with E-state index >= 15 is 0 Å². The minimum absolute atomic E-state index is 0.210.